The fourth-order valence-electron chi connectivity index (χ4n) is 2.15. The highest BCUT2D eigenvalue weighted by Crippen LogP contribution is 2.23. The minimum atomic E-state index is -3.05. The molecule has 1 saturated heterocycles. The number of carbonyl (C=O) groups excluding carboxylic acids is 1. The van der Waals surface area contributed by atoms with Gasteiger partial charge in [0.05, 0.1) is 28.7 Å². The van der Waals surface area contributed by atoms with Crippen LogP contribution in [-0.4, -0.2) is 31.4 Å². The summed E-state index contributed by atoms with van der Waals surface area (Å²) >= 11 is 0. The quantitative estimate of drug-likeness (QED) is 0.869. The maximum absolute atomic E-state index is 12.0. The van der Waals surface area contributed by atoms with E-state index in [1.54, 1.807) is 31.2 Å². The Morgan fingerprint density at radius 3 is 2.47 bits per heavy atom. The number of nitrogens with zero attached hydrogens (tertiary/aromatic N) is 1. The molecule has 0 unspecified atom stereocenters. The topological polar surface area (TPSA) is 87.0 Å². The van der Waals surface area contributed by atoms with Crippen molar-refractivity contribution in [2.75, 3.05) is 11.5 Å². The van der Waals surface area contributed by atoms with Gasteiger partial charge in [-0.1, -0.05) is 0 Å². The minimum Gasteiger partial charge on any atom is -0.346 e. The molecule has 100 valence electrons. The molecule has 6 heteroatoms. The van der Waals surface area contributed by atoms with Crippen molar-refractivity contribution in [2.24, 2.45) is 0 Å². The van der Waals surface area contributed by atoms with Crippen LogP contribution in [0.5, 0.6) is 0 Å². The highest BCUT2D eigenvalue weighted by atomic mass is 32.2. The molecule has 1 N–H and O–H groups in total. The first-order chi connectivity index (χ1) is 8.84. The zero-order valence-corrected chi connectivity index (χ0v) is 11.3. The largest absolute Gasteiger partial charge is 0.346 e. The third-order valence-corrected chi connectivity index (χ3v) is 5.10. The molecular formula is C13H14N2O3S. The molecule has 19 heavy (non-hydrogen) atoms. The molecular weight excluding hydrogens is 264 g/mol. The van der Waals surface area contributed by atoms with Gasteiger partial charge in [0.25, 0.3) is 5.91 Å². The van der Waals surface area contributed by atoms with Gasteiger partial charge in [-0.05, 0) is 37.6 Å². The average molecular weight is 278 g/mol. The minimum absolute atomic E-state index is 0.0258. The standard InChI is InChI=1S/C13H14N2O3S/c1-13(6-7-19(17,18)9-13)15-12(16)11-4-2-10(8-14)3-5-11/h2-5H,6-7,9H2,1H3,(H,15,16)/t13-/m0/s1. The summed E-state index contributed by atoms with van der Waals surface area (Å²) in [7, 11) is -3.05. The van der Waals surface area contributed by atoms with Gasteiger partial charge in [-0.25, -0.2) is 8.42 Å². The Morgan fingerprint density at radius 1 is 1.37 bits per heavy atom. The number of hydrogen-bond donors (Lipinski definition) is 1. The molecule has 1 atom stereocenters. The Morgan fingerprint density at radius 2 is 2.00 bits per heavy atom. The zero-order chi connectivity index (χ0) is 14.1. The number of rotatable bonds is 2. The van der Waals surface area contributed by atoms with Crippen LogP contribution in [0, 0.1) is 11.3 Å². The Bertz CT molecular complexity index is 643. The van der Waals surface area contributed by atoms with Crippen LogP contribution in [0.2, 0.25) is 0 Å². The van der Waals surface area contributed by atoms with E-state index in [0.29, 0.717) is 17.5 Å². The van der Waals surface area contributed by atoms with Crippen LogP contribution >= 0.6 is 0 Å². The van der Waals surface area contributed by atoms with Crippen molar-refractivity contribution in [2.45, 2.75) is 18.9 Å². The van der Waals surface area contributed by atoms with Crippen LogP contribution in [0.15, 0.2) is 24.3 Å². The molecule has 1 aliphatic heterocycles. The van der Waals surface area contributed by atoms with E-state index in [-0.39, 0.29) is 17.4 Å². The van der Waals surface area contributed by atoms with Crippen LogP contribution < -0.4 is 5.32 Å². The number of carbonyl (C=O) groups is 1. The lowest BCUT2D eigenvalue weighted by Gasteiger charge is -2.23. The summed E-state index contributed by atoms with van der Waals surface area (Å²) in [4.78, 5) is 12.0. The number of amides is 1. The van der Waals surface area contributed by atoms with Crippen LogP contribution in [0.25, 0.3) is 0 Å². The van der Waals surface area contributed by atoms with E-state index in [0.717, 1.165) is 0 Å². The molecule has 5 nitrogen and oxygen atoms in total. The third kappa shape index (κ3) is 3.12. The van der Waals surface area contributed by atoms with Gasteiger partial charge in [0.2, 0.25) is 0 Å². The van der Waals surface area contributed by atoms with Gasteiger partial charge in [-0.15, -0.1) is 0 Å². The molecule has 1 amide bonds. The Labute approximate surface area is 112 Å². The summed E-state index contributed by atoms with van der Waals surface area (Å²) in [5.41, 5.74) is 0.194. The van der Waals surface area contributed by atoms with Gasteiger partial charge in [-0.3, -0.25) is 4.79 Å². The molecule has 1 aromatic carbocycles. The van der Waals surface area contributed by atoms with Gasteiger partial charge < -0.3 is 5.32 Å². The number of nitrogens with one attached hydrogen (secondary N) is 1. The first-order valence-corrected chi connectivity index (χ1v) is 7.69. The summed E-state index contributed by atoms with van der Waals surface area (Å²) in [6.45, 7) is 1.74. The SMILES string of the molecule is C[C@]1(NC(=O)c2ccc(C#N)cc2)CCS(=O)(=O)C1. The van der Waals surface area contributed by atoms with E-state index in [9.17, 15) is 13.2 Å². The van der Waals surface area contributed by atoms with Crippen molar-refractivity contribution in [1.82, 2.24) is 5.32 Å². The van der Waals surface area contributed by atoms with Crippen molar-refractivity contribution in [3.05, 3.63) is 35.4 Å². The number of nitriles is 1. The van der Waals surface area contributed by atoms with Gasteiger partial charge in [0, 0.05) is 5.56 Å². The van der Waals surface area contributed by atoms with E-state index in [1.165, 1.54) is 0 Å². The molecule has 0 bridgehead atoms. The normalized spacial score (nSPS) is 24.6. The number of benzene rings is 1. The fraction of sp³-hybridized carbons (Fsp3) is 0.385. The summed E-state index contributed by atoms with van der Waals surface area (Å²) in [6.07, 6.45) is 0.428. The average Bonchev–Trinajstić information content (AvgIpc) is 2.63. The van der Waals surface area contributed by atoms with Crippen LogP contribution in [0.3, 0.4) is 0 Å². The van der Waals surface area contributed by atoms with Crippen LogP contribution in [0.4, 0.5) is 0 Å². The van der Waals surface area contributed by atoms with Crippen molar-refractivity contribution >= 4 is 15.7 Å². The lowest BCUT2D eigenvalue weighted by Crippen LogP contribution is -2.46. The lowest BCUT2D eigenvalue weighted by atomic mass is 10.0. The van der Waals surface area contributed by atoms with Crippen molar-refractivity contribution in [3.63, 3.8) is 0 Å². The molecule has 1 aromatic rings. The molecule has 1 heterocycles. The second-order valence-electron chi connectivity index (χ2n) is 5.05. The first kappa shape index (κ1) is 13.6. The van der Waals surface area contributed by atoms with E-state index >= 15 is 0 Å². The first-order valence-electron chi connectivity index (χ1n) is 5.87. The molecule has 0 saturated carbocycles. The maximum Gasteiger partial charge on any atom is 0.251 e. The van der Waals surface area contributed by atoms with E-state index < -0.39 is 15.4 Å². The van der Waals surface area contributed by atoms with E-state index in [1.807, 2.05) is 6.07 Å². The Hall–Kier alpha value is -1.87. The fourth-order valence-corrected chi connectivity index (χ4v) is 4.24. The smallest absolute Gasteiger partial charge is 0.251 e. The third-order valence-electron chi connectivity index (χ3n) is 3.19. The van der Waals surface area contributed by atoms with E-state index in [2.05, 4.69) is 5.32 Å². The van der Waals surface area contributed by atoms with Gasteiger partial charge in [0.15, 0.2) is 9.84 Å². The number of sulfone groups is 1. The Kier molecular flexibility index (Phi) is 3.33. The summed E-state index contributed by atoms with van der Waals surface area (Å²) in [5.74, 6) is -0.233. The molecule has 0 aromatic heterocycles. The Balaban J connectivity index is 2.11. The van der Waals surface area contributed by atoms with Crippen molar-refractivity contribution in [1.29, 1.82) is 5.26 Å². The highest BCUT2D eigenvalue weighted by molar-refractivity contribution is 7.91. The van der Waals surface area contributed by atoms with Crippen LogP contribution in [0.1, 0.15) is 29.3 Å². The molecule has 1 fully saturated rings. The summed E-state index contributed by atoms with van der Waals surface area (Å²) in [6, 6.07) is 8.20. The van der Waals surface area contributed by atoms with Gasteiger partial charge in [0.1, 0.15) is 0 Å². The monoisotopic (exact) mass is 278 g/mol. The second kappa shape index (κ2) is 4.67. The summed E-state index contributed by atoms with van der Waals surface area (Å²) in [5, 5.41) is 11.4. The zero-order valence-electron chi connectivity index (χ0n) is 10.5. The lowest BCUT2D eigenvalue weighted by molar-refractivity contribution is 0.0915. The van der Waals surface area contributed by atoms with Gasteiger partial charge >= 0.3 is 0 Å². The molecule has 0 radical (unpaired) electrons. The maximum atomic E-state index is 12.0. The van der Waals surface area contributed by atoms with Crippen LogP contribution in [-0.2, 0) is 9.84 Å². The highest BCUT2D eigenvalue weighted by Gasteiger charge is 2.39. The predicted molar refractivity (Wildman–Crippen MR) is 70.3 cm³/mol. The molecule has 0 spiro atoms. The van der Waals surface area contributed by atoms with Gasteiger partial charge in [-0.2, -0.15) is 5.26 Å². The summed E-state index contributed by atoms with van der Waals surface area (Å²) < 4.78 is 22.9. The second-order valence-corrected chi connectivity index (χ2v) is 7.23. The molecule has 0 aliphatic carbocycles. The van der Waals surface area contributed by atoms with E-state index in [4.69, 9.17) is 5.26 Å². The number of hydrogen-bond acceptors (Lipinski definition) is 4. The molecule has 1 aliphatic rings. The molecule has 2 rings (SSSR count). The van der Waals surface area contributed by atoms with Crippen molar-refractivity contribution in [3.8, 4) is 6.07 Å². The van der Waals surface area contributed by atoms with Crippen molar-refractivity contribution < 1.29 is 13.2 Å². The predicted octanol–water partition coefficient (Wildman–Crippen LogP) is 0.865.